The van der Waals surface area contributed by atoms with Crippen molar-refractivity contribution >= 4 is 28.7 Å². The SMILES string of the molecule is CC[C@@H]1CCCCN1C(=O)[C@H](C)Sc1nc2ccccc2n1CCc1ccccc1. The summed E-state index contributed by atoms with van der Waals surface area (Å²) in [6.07, 6.45) is 5.48. The molecule has 1 aliphatic heterocycles. The first-order valence-corrected chi connectivity index (χ1v) is 12.0. The van der Waals surface area contributed by atoms with Crippen LogP contribution in [0, 0.1) is 0 Å². The Morgan fingerprint density at radius 2 is 1.90 bits per heavy atom. The van der Waals surface area contributed by atoms with E-state index < -0.39 is 0 Å². The number of likely N-dealkylation sites (tertiary alicyclic amines) is 1. The summed E-state index contributed by atoms with van der Waals surface area (Å²) < 4.78 is 2.28. The molecular weight excluding hydrogens is 390 g/mol. The Kier molecular flexibility index (Phi) is 6.78. The number of hydrogen-bond acceptors (Lipinski definition) is 3. The monoisotopic (exact) mass is 421 g/mol. The molecule has 0 spiro atoms. The third-order valence-corrected chi connectivity index (χ3v) is 7.18. The van der Waals surface area contributed by atoms with Crippen molar-refractivity contribution in [3.05, 3.63) is 60.2 Å². The van der Waals surface area contributed by atoms with Crippen LogP contribution in [0.4, 0.5) is 0 Å². The molecule has 2 heterocycles. The molecule has 158 valence electrons. The van der Waals surface area contributed by atoms with Crippen molar-refractivity contribution in [3.63, 3.8) is 0 Å². The highest BCUT2D eigenvalue weighted by Crippen LogP contribution is 2.30. The maximum Gasteiger partial charge on any atom is 0.236 e. The number of carbonyl (C=O) groups is 1. The maximum absolute atomic E-state index is 13.2. The Hall–Kier alpha value is -2.27. The van der Waals surface area contributed by atoms with Crippen LogP contribution in [0.25, 0.3) is 11.0 Å². The number of imidazole rings is 1. The molecule has 5 heteroatoms. The van der Waals surface area contributed by atoms with Crippen LogP contribution in [0.3, 0.4) is 0 Å². The first-order valence-electron chi connectivity index (χ1n) is 11.1. The quantitative estimate of drug-likeness (QED) is 0.469. The van der Waals surface area contributed by atoms with E-state index >= 15 is 0 Å². The lowest BCUT2D eigenvalue weighted by Gasteiger charge is -2.36. The Labute approximate surface area is 183 Å². The van der Waals surface area contributed by atoms with Crippen LogP contribution in [0.2, 0.25) is 0 Å². The number of aryl methyl sites for hydroxylation is 2. The fourth-order valence-corrected chi connectivity index (χ4v) is 5.42. The summed E-state index contributed by atoms with van der Waals surface area (Å²) in [6, 6.07) is 19.2. The normalized spacial score (nSPS) is 17.9. The standard InChI is InChI=1S/C25H31N3OS/c1-3-21-13-9-10-17-27(21)24(29)19(2)30-25-26-22-14-7-8-15-23(22)28(25)18-16-20-11-5-4-6-12-20/h4-8,11-12,14-15,19,21H,3,9-10,13,16-18H2,1-2H3/t19-,21+/m0/s1. The van der Waals surface area contributed by atoms with E-state index in [2.05, 4.69) is 64.9 Å². The van der Waals surface area contributed by atoms with Crippen LogP contribution in [-0.4, -0.2) is 38.2 Å². The Morgan fingerprint density at radius 3 is 2.70 bits per heavy atom. The van der Waals surface area contributed by atoms with Gasteiger partial charge in [-0.05, 0) is 56.7 Å². The van der Waals surface area contributed by atoms with Crippen molar-refractivity contribution in [2.75, 3.05) is 6.54 Å². The van der Waals surface area contributed by atoms with Gasteiger partial charge >= 0.3 is 0 Å². The van der Waals surface area contributed by atoms with E-state index in [1.807, 2.05) is 13.0 Å². The van der Waals surface area contributed by atoms with Crippen molar-refractivity contribution in [2.24, 2.45) is 0 Å². The van der Waals surface area contributed by atoms with E-state index in [-0.39, 0.29) is 11.2 Å². The van der Waals surface area contributed by atoms with Crippen LogP contribution in [-0.2, 0) is 17.8 Å². The minimum atomic E-state index is -0.135. The van der Waals surface area contributed by atoms with Gasteiger partial charge in [-0.1, -0.05) is 61.2 Å². The number of benzene rings is 2. The van der Waals surface area contributed by atoms with E-state index in [1.165, 1.54) is 12.0 Å². The van der Waals surface area contributed by atoms with Crippen molar-refractivity contribution in [3.8, 4) is 0 Å². The van der Waals surface area contributed by atoms with Crippen LogP contribution < -0.4 is 0 Å². The predicted octanol–water partition coefficient (Wildman–Crippen LogP) is 5.55. The molecule has 0 saturated carbocycles. The third kappa shape index (κ3) is 4.56. The first-order chi connectivity index (χ1) is 14.7. The number of nitrogens with zero attached hydrogens (tertiary/aromatic N) is 3. The molecule has 0 N–H and O–H groups in total. The lowest BCUT2D eigenvalue weighted by atomic mass is 10.00. The smallest absolute Gasteiger partial charge is 0.236 e. The number of hydrogen-bond donors (Lipinski definition) is 0. The molecular formula is C25H31N3OS. The fourth-order valence-electron chi connectivity index (χ4n) is 4.40. The van der Waals surface area contributed by atoms with Gasteiger partial charge in [0.25, 0.3) is 0 Å². The second kappa shape index (κ2) is 9.69. The van der Waals surface area contributed by atoms with Crippen molar-refractivity contribution < 1.29 is 4.79 Å². The zero-order valence-corrected chi connectivity index (χ0v) is 18.8. The summed E-state index contributed by atoms with van der Waals surface area (Å²) in [5.41, 5.74) is 3.45. The molecule has 2 atom stereocenters. The second-order valence-corrected chi connectivity index (χ2v) is 9.43. The number of amides is 1. The lowest BCUT2D eigenvalue weighted by molar-refractivity contribution is -0.134. The molecule has 0 radical (unpaired) electrons. The molecule has 1 fully saturated rings. The molecule has 4 nitrogen and oxygen atoms in total. The van der Waals surface area contributed by atoms with E-state index in [1.54, 1.807) is 11.8 Å². The number of thioether (sulfide) groups is 1. The number of rotatable bonds is 7. The van der Waals surface area contributed by atoms with Gasteiger partial charge in [0.1, 0.15) is 0 Å². The number of piperidine rings is 1. The molecule has 1 amide bonds. The first kappa shape index (κ1) is 21.0. The van der Waals surface area contributed by atoms with Gasteiger partial charge < -0.3 is 9.47 Å². The number of fused-ring (bicyclic) bond motifs is 1. The zero-order chi connectivity index (χ0) is 20.9. The average Bonchev–Trinajstić information content (AvgIpc) is 3.14. The van der Waals surface area contributed by atoms with Crippen molar-refractivity contribution in [1.29, 1.82) is 0 Å². The van der Waals surface area contributed by atoms with Crippen LogP contribution in [0.1, 0.15) is 45.1 Å². The predicted molar refractivity (Wildman–Crippen MR) is 125 cm³/mol. The molecule has 1 aromatic heterocycles. The van der Waals surface area contributed by atoms with E-state index in [4.69, 9.17) is 4.98 Å². The van der Waals surface area contributed by atoms with Crippen LogP contribution >= 0.6 is 11.8 Å². The van der Waals surface area contributed by atoms with Gasteiger partial charge in [-0.3, -0.25) is 4.79 Å². The highest BCUT2D eigenvalue weighted by molar-refractivity contribution is 8.00. The van der Waals surface area contributed by atoms with Crippen molar-refractivity contribution in [1.82, 2.24) is 14.5 Å². The van der Waals surface area contributed by atoms with Gasteiger partial charge in [-0.15, -0.1) is 0 Å². The molecule has 1 aliphatic rings. The summed E-state index contributed by atoms with van der Waals surface area (Å²) in [6.45, 7) is 5.98. The largest absolute Gasteiger partial charge is 0.339 e. The van der Waals surface area contributed by atoms with Gasteiger partial charge in [0.2, 0.25) is 5.91 Å². The van der Waals surface area contributed by atoms with Gasteiger partial charge in [0.05, 0.1) is 16.3 Å². The maximum atomic E-state index is 13.2. The summed E-state index contributed by atoms with van der Waals surface area (Å²) >= 11 is 1.61. The zero-order valence-electron chi connectivity index (χ0n) is 18.0. The van der Waals surface area contributed by atoms with Crippen molar-refractivity contribution in [2.45, 2.75) is 68.9 Å². The number of aromatic nitrogens is 2. The molecule has 0 aliphatic carbocycles. The highest BCUT2D eigenvalue weighted by Gasteiger charge is 2.30. The number of carbonyl (C=O) groups excluding carboxylic acids is 1. The summed E-state index contributed by atoms with van der Waals surface area (Å²) in [5.74, 6) is 0.258. The molecule has 2 aromatic carbocycles. The van der Waals surface area contributed by atoms with E-state index in [0.29, 0.717) is 6.04 Å². The molecule has 3 aromatic rings. The van der Waals surface area contributed by atoms with Gasteiger partial charge in [0, 0.05) is 19.1 Å². The second-order valence-electron chi connectivity index (χ2n) is 8.12. The highest BCUT2D eigenvalue weighted by atomic mass is 32.2. The summed E-state index contributed by atoms with van der Waals surface area (Å²) in [4.78, 5) is 20.3. The van der Waals surface area contributed by atoms with Crippen LogP contribution in [0.5, 0.6) is 0 Å². The minimum Gasteiger partial charge on any atom is -0.339 e. The van der Waals surface area contributed by atoms with Crippen LogP contribution in [0.15, 0.2) is 59.8 Å². The van der Waals surface area contributed by atoms with E-state index in [9.17, 15) is 4.79 Å². The summed E-state index contributed by atoms with van der Waals surface area (Å²) in [5, 5.41) is 0.808. The topological polar surface area (TPSA) is 38.1 Å². The third-order valence-electron chi connectivity index (χ3n) is 6.10. The average molecular weight is 422 g/mol. The molecule has 1 saturated heterocycles. The molecule has 4 rings (SSSR count). The van der Waals surface area contributed by atoms with Gasteiger partial charge in [-0.2, -0.15) is 0 Å². The molecule has 0 bridgehead atoms. The summed E-state index contributed by atoms with van der Waals surface area (Å²) in [7, 11) is 0. The molecule has 0 unspecified atom stereocenters. The number of para-hydroxylation sites is 2. The van der Waals surface area contributed by atoms with E-state index in [0.717, 1.165) is 55.0 Å². The fraction of sp³-hybridized carbons (Fsp3) is 0.440. The van der Waals surface area contributed by atoms with Gasteiger partial charge in [0.15, 0.2) is 5.16 Å². The lowest BCUT2D eigenvalue weighted by Crippen LogP contribution is -2.46. The Morgan fingerprint density at radius 1 is 1.13 bits per heavy atom. The minimum absolute atomic E-state index is 0.135. The Balaban J connectivity index is 1.54. The molecule has 30 heavy (non-hydrogen) atoms. The Bertz CT molecular complexity index is 984. The van der Waals surface area contributed by atoms with Gasteiger partial charge in [-0.25, -0.2) is 4.98 Å².